The van der Waals surface area contributed by atoms with Gasteiger partial charge in [0.2, 0.25) is 0 Å². The number of carboxylic acids is 3. The first kappa shape index (κ1) is 35.8. The van der Waals surface area contributed by atoms with E-state index < -0.39 is 59.8 Å². The summed E-state index contributed by atoms with van der Waals surface area (Å²) in [6, 6.07) is 0. The quantitative estimate of drug-likeness (QED) is 0.130. The molecule has 9 fully saturated rings. The molecule has 15 heteroatoms. The zero-order valence-electron chi connectivity index (χ0n) is 28.4. The molecule has 5 aliphatic heterocycles. The maximum atomic E-state index is 12.9. The predicted octanol–water partition coefficient (Wildman–Crippen LogP) is -3.47. The second kappa shape index (κ2) is 14.2. The molecule has 5 saturated heterocycles. The molecule has 14 nitrogen and oxygen atoms in total. The van der Waals surface area contributed by atoms with Crippen molar-refractivity contribution in [3.05, 3.63) is 0 Å². The molecular weight excluding hydrogens is 825 g/mol. The molecular formula is C35H53AuN8O6. The second-order valence-corrected chi connectivity index (χ2v) is 17.1. The Hall–Kier alpha value is -1.17. The van der Waals surface area contributed by atoms with Crippen molar-refractivity contribution in [2.24, 2.45) is 65.1 Å². The molecule has 8 N–H and O–H groups in total. The molecule has 0 amide bonds. The van der Waals surface area contributed by atoms with Crippen molar-refractivity contribution in [3.8, 4) is 0 Å². The Kier molecular flexibility index (Phi) is 10.2. The SMILES string of the molecule is O=C([O-])C1CC2C3NC4NC(NC5NC(NC6NC(NC(N3)C2C(C(=O)[O-])C1C(=O)[O-])C1CCCCC61)C1CCCCC51)C1CCCCC41.[Au+3]. The van der Waals surface area contributed by atoms with Crippen LogP contribution in [0.4, 0.5) is 0 Å². The van der Waals surface area contributed by atoms with E-state index in [2.05, 4.69) is 42.5 Å². The third kappa shape index (κ3) is 6.02. The Morgan fingerprint density at radius 1 is 0.380 bits per heavy atom. The number of carbonyl (C=O) groups is 3. The van der Waals surface area contributed by atoms with Crippen LogP contribution in [-0.4, -0.2) is 67.2 Å². The number of aliphatic carboxylic acids is 3. The van der Waals surface area contributed by atoms with E-state index in [-0.39, 0.29) is 65.8 Å². The number of fused-ring (bicyclic) bond motifs is 20. The second-order valence-electron chi connectivity index (χ2n) is 17.1. The summed E-state index contributed by atoms with van der Waals surface area (Å²) in [7, 11) is 0. The average Bonchev–Trinajstić information content (AvgIpc) is 3.83. The molecule has 5 heterocycles. The summed E-state index contributed by atoms with van der Waals surface area (Å²) < 4.78 is 0. The molecule has 0 radical (unpaired) electrons. The Morgan fingerprint density at radius 2 is 0.660 bits per heavy atom. The van der Waals surface area contributed by atoms with Gasteiger partial charge in [-0.3, -0.25) is 42.5 Å². The van der Waals surface area contributed by atoms with Gasteiger partial charge in [-0.15, -0.1) is 0 Å². The third-order valence-electron chi connectivity index (χ3n) is 15.0. The Labute approximate surface area is 309 Å². The number of carboxylic acid groups (broad SMARTS) is 3. The monoisotopic (exact) mass is 878 g/mol. The van der Waals surface area contributed by atoms with E-state index in [0.29, 0.717) is 35.5 Å². The first-order valence-corrected chi connectivity index (χ1v) is 19.5. The molecule has 0 aromatic rings. The van der Waals surface area contributed by atoms with Crippen molar-refractivity contribution in [2.75, 3.05) is 0 Å². The molecule has 50 heavy (non-hydrogen) atoms. The molecule has 8 bridgehead atoms. The number of hydrogen-bond donors (Lipinski definition) is 8. The maximum absolute atomic E-state index is 12.9. The average molecular weight is 879 g/mol. The topological polar surface area (TPSA) is 217 Å². The van der Waals surface area contributed by atoms with Crippen LogP contribution in [0.5, 0.6) is 0 Å². The molecule has 4 aliphatic carbocycles. The van der Waals surface area contributed by atoms with E-state index in [0.717, 1.165) is 38.5 Å². The predicted molar refractivity (Wildman–Crippen MR) is 169 cm³/mol. The fourth-order valence-electron chi connectivity index (χ4n) is 13.0. The van der Waals surface area contributed by atoms with Crippen LogP contribution in [0.2, 0.25) is 0 Å². The van der Waals surface area contributed by atoms with Crippen LogP contribution in [-0.2, 0) is 36.8 Å². The summed E-state index contributed by atoms with van der Waals surface area (Å²) in [5.41, 5.74) is 0. The number of nitrogens with one attached hydrogen (secondary N) is 8. The molecule has 19 atom stereocenters. The van der Waals surface area contributed by atoms with Crippen molar-refractivity contribution in [3.63, 3.8) is 0 Å². The number of rotatable bonds is 3. The minimum Gasteiger partial charge on any atom is -0.550 e. The van der Waals surface area contributed by atoms with Crippen LogP contribution in [0.15, 0.2) is 0 Å². The number of carbonyl (C=O) groups excluding carboxylic acids is 3. The van der Waals surface area contributed by atoms with Gasteiger partial charge in [0.25, 0.3) is 0 Å². The fourth-order valence-corrected chi connectivity index (χ4v) is 13.0. The molecule has 9 rings (SSSR count). The Morgan fingerprint density at radius 3 is 0.940 bits per heavy atom. The molecule has 280 valence electrons. The zero-order chi connectivity index (χ0) is 33.6. The first-order valence-electron chi connectivity index (χ1n) is 19.5. The fraction of sp³-hybridized carbons (Fsp3) is 0.914. The van der Waals surface area contributed by atoms with Crippen molar-refractivity contribution in [1.82, 2.24) is 42.5 Å². The number of hydrogen-bond acceptors (Lipinski definition) is 14. The van der Waals surface area contributed by atoms with Gasteiger partial charge in [-0.05, 0) is 86.4 Å². The summed E-state index contributed by atoms with van der Waals surface area (Å²) in [5, 5.41) is 69.1. The van der Waals surface area contributed by atoms with Crippen LogP contribution in [0.3, 0.4) is 0 Å². The zero-order valence-corrected chi connectivity index (χ0v) is 30.6. The smallest absolute Gasteiger partial charge is 0.550 e. The van der Waals surface area contributed by atoms with Gasteiger partial charge in [-0.2, -0.15) is 0 Å². The maximum Gasteiger partial charge on any atom is 3.00 e. The van der Waals surface area contributed by atoms with Crippen LogP contribution < -0.4 is 57.9 Å². The Bertz CT molecular complexity index is 1320. The molecule has 9 aliphatic rings. The molecule has 0 aromatic carbocycles. The van der Waals surface area contributed by atoms with E-state index in [1.807, 2.05) is 0 Å². The van der Waals surface area contributed by atoms with Crippen molar-refractivity contribution in [2.45, 2.75) is 133 Å². The van der Waals surface area contributed by atoms with E-state index in [9.17, 15) is 29.7 Å². The van der Waals surface area contributed by atoms with E-state index in [1.165, 1.54) is 38.5 Å². The van der Waals surface area contributed by atoms with Crippen LogP contribution in [0.1, 0.15) is 83.5 Å². The summed E-state index contributed by atoms with van der Waals surface area (Å²) in [4.78, 5) is 37.8. The van der Waals surface area contributed by atoms with Gasteiger partial charge in [0.15, 0.2) is 0 Å². The standard InChI is InChI=1S/C35H56N8O6.Au/c44-33(45)21-13-20-22(24(35(48)49)23(21)34(46)47)32-42-30-19-12-6-5-11-18(19)28(40-30)38-26-15-8-2-1-7-14(15)25(36-26)37-27-16-9-3-4-10-17(16)29(39-27)41-31(20)43-32;/h14-32,36-43H,1-13H2,(H,44,45)(H,46,47)(H,48,49);/q;+3/p-3. The van der Waals surface area contributed by atoms with Crippen LogP contribution in [0.25, 0.3) is 0 Å². The van der Waals surface area contributed by atoms with Gasteiger partial charge in [0.05, 0.1) is 49.3 Å². The van der Waals surface area contributed by atoms with Crippen molar-refractivity contribution in [1.29, 1.82) is 0 Å². The van der Waals surface area contributed by atoms with E-state index in [1.54, 1.807) is 0 Å². The normalized spacial score (nSPS) is 52.4. The van der Waals surface area contributed by atoms with Crippen LogP contribution >= 0.6 is 0 Å². The summed E-state index contributed by atoms with van der Waals surface area (Å²) in [6.45, 7) is 0. The molecule has 4 saturated carbocycles. The first-order chi connectivity index (χ1) is 23.8. The summed E-state index contributed by atoms with van der Waals surface area (Å²) >= 11 is 0. The minimum atomic E-state index is -1.74. The molecule has 0 spiro atoms. The summed E-state index contributed by atoms with van der Waals surface area (Å²) in [5.74, 6) is -8.22. The van der Waals surface area contributed by atoms with Crippen molar-refractivity contribution >= 4 is 17.9 Å². The molecule has 19 unspecified atom stereocenters. The van der Waals surface area contributed by atoms with Gasteiger partial charge in [0.1, 0.15) is 0 Å². The van der Waals surface area contributed by atoms with E-state index in [4.69, 9.17) is 0 Å². The third-order valence-corrected chi connectivity index (χ3v) is 15.0. The van der Waals surface area contributed by atoms with Gasteiger partial charge in [-0.1, -0.05) is 38.5 Å². The largest absolute Gasteiger partial charge is 3.00 e. The molecule has 0 aromatic heterocycles. The van der Waals surface area contributed by atoms with E-state index >= 15 is 0 Å². The minimum absolute atomic E-state index is 0. The van der Waals surface area contributed by atoms with Gasteiger partial charge >= 0.3 is 22.4 Å². The Balaban J connectivity index is 0.00000361. The van der Waals surface area contributed by atoms with Gasteiger partial charge in [0, 0.05) is 41.6 Å². The van der Waals surface area contributed by atoms with Gasteiger partial charge < -0.3 is 29.7 Å². The van der Waals surface area contributed by atoms with Crippen LogP contribution in [0, 0.1) is 65.1 Å². The summed E-state index contributed by atoms with van der Waals surface area (Å²) in [6.07, 6.45) is 13.1. The van der Waals surface area contributed by atoms with Crippen molar-refractivity contribution < 1.29 is 52.1 Å². The van der Waals surface area contributed by atoms with Gasteiger partial charge in [-0.25, -0.2) is 0 Å².